The summed E-state index contributed by atoms with van der Waals surface area (Å²) in [4.78, 5) is 29.5. The van der Waals surface area contributed by atoms with Crippen LogP contribution >= 0.6 is 0 Å². The standard InChI is InChI=1S/C22H36N2O2Si/c1-6-16-27(17-7-2,18-8-3)24-20(25)22(9-4,23(10-5)21(24)26)19-14-12-11-13-15-19/h11-15H,6-10,16-18H2,1-5H3. The topological polar surface area (TPSA) is 40.6 Å². The van der Waals surface area contributed by atoms with E-state index in [1.54, 1.807) is 0 Å². The Morgan fingerprint density at radius 2 is 1.37 bits per heavy atom. The van der Waals surface area contributed by atoms with Gasteiger partial charge in [0.2, 0.25) is 0 Å². The number of carbonyl (C=O) groups is 2. The highest BCUT2D eigenvalue weighted by atomic mass is 28.3. The first kappa shape index (κ1) is 21.7. The second kappa shape index (κ2) is 9.05. The second-order valence-electron chi connectivity index (χ2n) is 7.72. The molecule has 3 amide bonds. The average molecular weight is 389 g/mol. The Bertz CT molecular complexity index is 632. The van der Waals surface area contributed by atoms with Crippen LogP contribution in [0.25, 0.3) is 0 Å². The Balaban J connectivity index is 2.65. The van der Waals surface area contributed by atoms with Crippen molar-refractivity contribution in [1.82, 2.24) is 9.47 Å². The van der Waals surface area contributed by atoms with Gasteiger partial charge in [-0.25, -0.2) is 4.79 Å². The van der Waals surface area contributed by atoms with E-state index >= 15 is 0 Å². The fraction of sp³-hybridized carbons (Fsp3) is 0.636. The minimum atomic E-state index is -2.19. The zero-order chi connectivity index (χ0) is 20.1. The number of urea groups is 1. The molecule has 0 saturated carbocycles. The predicted molar refractivity (Wildman–Crippen MR) is 114 cm³/mol. The Labute approximate surface area is 166 Å². The van der Waals surface area contributed by atoms with E-state index in [0.29, 0.717) is 13.0 Å². The smallest absolute Gasteiger partial charge is 0.306 e. The maximum absolute atomic E-state index is 14.0. The first-order valence-electron chi connectivity index (χ1n) is 10.7. The molecule has 1 aliphatic heterocycles. The van der Waals surface area contributed by atoms with Crippen LogP contribution in [0.3, 0.4) is 0 Å². The van der Waals surface area contributed by atoms with E-state index < -0.39 is 13.8 Å². The quantitative estimate of drug-likeness (QED) is 0.378. The fourth-order valence-electron chi connectivity index (χ4n) is 5.14. The molecule has 0 radical (unpaired) electrons. The molecule has 1 aromatic rings. The molecule has 1 atom stereocenters. The zero-order valence-corrected chi connectivity index (χ0v) is 18.8. The summed E-state index contributed by atoms with van der Waals surface area (Å²) in [6.07, 6.45) is 3.69. The number of carbonyl (C=O) groups excluding carboxylic acids is 2. The van der Waals surface area contributed by atoms with E-state index in [1.165, 1.54) is 0 Å². The van der Waals surface area contributed by atoms with Crippen LogP contribution in [-0.2, 0) is 10.3 Å². The molecule has 0 aliphatic carbocycles. The van der Waals surface area contributed by atoms with Crippen LogP contribution < -0.4 is 0 Å². The van der Waals surface area contributed by atoms with Crippen LogP contribution in [0.5, 0.6) is 0 Å². The molecule has 1 fully saturated rings. The molecule has 0 spiro atoms. The van der Waals surface area contributed by atoms with Gasteiger partial charge in [-0.05, 0) is 37.0 Å². The molecule has 27 heavy (non-hydrogen) atoms. The van der Waals surface area contributed by atoms with Gasteiger partial charge in [0.1, 0.15) is 5.54 Å². The van der Waals surface area contributed by atoms with Crippen molar-refractivity contribution < 1.29 is 9.59 Å². The Morgan fingerprint density at radius 1 is 0.852 bits per heavy atom. The van der Waals surface area contributed by atoms with Crippen LogP contribution in [-0.4, -0.2) is 36.2 Å². The Kier molecular flexibility index (Phi) is 7.26. The molecule has 1 unspecified atom stereocenters. The Hall–Kier alpha value is -1.62. The summed E-state index contributed by atoms with van der Waals surface area (Å²) in [5, 5.41) is 0. The summed E-state index contributed by atoms with van der Waals surface area (Å²) in [5.41, 5.74) is 0.100. The van der Waals surface area contributed by atoms with Crippen LogP contribution in [0.4, 0.5) is 4.79 Å². The van der Waals surface area contributed by atoms with Gasteiger partial charge in [-0.15, -0.1) is 0 Å². The number of likely N-dealkylation sites (N-methyl/N-ethyl adjacent to an activating group) is 1. The highest BCUT2D eigenvalue weighted by Gasteiger charge is 2.61. The van der Waals surface area contributed by atoms with Crippen LogP contribution in [0.2, 0.25) is 18.1 Å². The number of hydrogen-bond donors (Lipinski definition) is 0. The van der Waals surface area contributed by atoms with Gasteiger partial charge < -0.3 is 4.90 Å². The lowest BCUT2D eigenvalue weighted by Crippen LogP contribution is -2.57. The first-order valence-corrected chi connectivity index (χ1v) is 13.3. The molecule has 0 N–H and O–H groups in total. The van der Waals surface area contributed by atoms with Crippen molar-refractivity contribution in [3.8, 4) is 0 Å². The summed E-state index contributed by atoms with van der Waals surface area (Å²) < 4.78 is 1.81. The SMILES string of the molecule is CCC[Si](CCC)(CCC)N1C(=O)N(CC)C(CC)(c2ccccc2)C1=O. The largest absolute Gasteiger partial charge is 0.319 e. The predicted octanol–water partition coefficient (Wildman–Crippen LogP) is 5.75. The maximum atomic E-state index is 14.0. The monoisotopic (exact) mass is 388 g/mol. The van der Waals surface area contributed by atoms with Crippen molar-refractivity contribution in [2.75, 3.05) is 6.54 Å². The van der Waals surface area contributed by atoms with E-state index in [0.717, 1.165) is 43.0 Å². The summed E-state index contributed by atoms with van der Waals surface area (Å²) in [7, 11) is -2.19. The summed E-state index contributed by atoms with van der Waals surface area (Å²) in [6.45, 7) is 11.1. The van der Waals surface area contributed by atoms with E-state index in [4.69, 9.17) is 0 Å². The molecule has 1 aromatic carbocycles. The van der Waals surface area contributed by atoms with Crippen LogP contribution in [0.1, 0.15) is 65.9 Å². The first-order chi connectivity index (χ1) is 13.0. The third kappa shape index (κ3) is 3.46. The van der Waals surface area contributed by atoms with Crippen LogP contribution in [0.15, 0.2) is 30.3 Å². The summed E-state index contributed by atoms with van der Waals surface area (Å²) in [6, 6.07) is 12.9. The molecule has 0 bridgehead atoms. The van der Waals surface area contributed by atoms with E-state index in [2.05, 4.69) is 20.8 Å². The van der Waals surface area contributed by atoms with Crippen molar-refractivity contribution in [2.24, 2.45) is 0 Å². The molecule has 1 aliphatic rings. The minimum absolute atomic E-state index is 0.0325. The third-order valence-electron chi connectivity index (χ3n) is 6.14. The molecule has 1 saturated heterocycles. The summed E-state index contributed by atoms with van der Waals surface area (Å²) >= 11 is 0. The van der Waals surface area contributed by atoms with Crippen molar-refractivity contribution in [1.29, 1.82) is 0 Å². The Morgan fingerprint density at radius 3 is 1.78 bits per heavy atom. The van der Waals surface area contributed by atoms with Gasteiger partial charge in [0.15, 0.2) is 8.24 Å². The van der Waals surface area contributed by atoms with Gasteiger partial charge in [0.05, 0.1) is 0 Å². The van der Waals surface area contributed by atoms with E-state index in [1.807, 2.05) is 53.6 Å². The molecular formula is C22H36N2O2Si. The number of amides is 3. The van der Waals surface area contributed by atoms with Gasteiger partial charge in [0.25, 0.3) is 5.91 Å². The lowest BCUT2D eigenvalue weighted by atomic mass is 9.86. The third-order valence-corrected chi connectivity index (χ3v) is 11.8. The zero-order valence-electron chi connectivity index (χ0n) is 17.8. The molecule has 0 aromatic heterocycles. The van der Waals surface area contributed by atoms with E-state index in [9.17, 15) is 9.59 Å². The van der Waals surface area contributed by atoms with Gasteiger partial charge in [-0.1, -0.05) is 77.3 Å². The van der Waals surface area contributed by atoms with Crippen LogP contribution in [0, 0.1) is 0 Å². The maximum Gasteiger partial charge on any atom is 0.319 e. The van der Waals surface area contributed by atoms with Gasteiger partial charge in [-0.2, -0.15) is 0 Å². The second-order valence-corrected chi connectivity index (χ2v) is 12.1. The lowest BCUT2D eigenvalue weighted by molar-refractivity contribution is -0.131. The minimum Gasteiger partial charge on any atom is -0.306 e. The number of nitrogens with zero attached hydrogens (tertiary/aromatic N) is 2. The molecular weight excluding hydrogens is 352 g/mol. The molecule has 1 heterocycles. The molecule has 4 nitrogen and oxygen atoms in total. The van der Waals surface area contributed by atoms with Gasteiger partial charge in [-0.3, -0.25) is 9.36 Å². The number of imide groups is 1. The summed E-state index contributed by atoms with van der Waals surface area (Å²) in [5.74, 6) is 0.0325. The van der Waals surface area contributed by atoms with E-state index in [-0.39, 0.29) is 11.9 Å². The highest BCUT2D eigenvalue weighted by Crippen LogP contribution is 2.45. The van der Waals surface area contributed by atoms with Crippen molar-refractivity contribution >= 4 is 20.2 Å². The number of benzene rings is 1. The fourth-order valence-corrected chi connectivity index (χ4v) is 10.5. The normalized spacial score (nSPS) is 20.6. The highest BCUT2D eigenvalue weighted by molar-refractivity contribution is 6.81. The van der Waals surface area contributed by atoms with Crippen molar-refractivity contribution in [3.05, 3.63) is 35.9 Å². The lowest BCUT2D eigenvalue weighted by Gasteiger charge is -2.38. The van der Waals surface area contributed by atoms with Crippen molar-refractivity contribution in [2.45, 2.75) is 84.0 Å². The van der Waals surface area contributed by atoms with Gasteiger partial charge >= 0.3 is 6.03 Å². The van der Waals surface area contributed by atoms with Gasteiger partial charge in [0, 0.05) is 6.54 Å². The molecule has 2 rings (SSSR count). The number of rotatable bonds is 10. The number of hydrogen-bond acceptors (Lipinski definition) is 2. The molecule has 150 valence electrons. The molecule has 5 heteroatoms. The average Bonchev–Trinajstić information content (AvgIpc) is 2.89. The van der Waals surface area contributed by atoms with Crippen molar-refractivity contribution in [3.63, 3.8) is 0 Å².